The molecule has 1 aromatic rings. The zero-order valence-corrected chi connectivity index (χ0v) is 16.5. The first-order valence-electron chi connectivity index (χ1n) is 8.36. The average molecular weight is 447 g/mol. The Kier molecular flexibility index (Phi) is 9.75. The highest BCUT2D eigenvalue weighted by Gasteiger charge is 2.05. The van der Waals surface area contributed by atoms with Gasteiger partial charge in [0.25, 0.3) is 0 Å². The summed E-state index contributed by atoms with van der Waals surface area (Å²) < 4.78 is 13.3. The van der Waals surface area contributed by atoms with Crippen molar-refractivity contribution in [2.45, 2.75) is 45.6 Å². The van der Waals surface area contributed by atoms with E-state index in [1.54, 1.807) is 6.07 Å². The maximum atomic E-state index is 13.3. The standard InChI is InChI=1S/C18H26FN3O.HI/c1-2-20-18(21-11-10-14-6-4-3-5-7-14)22-13-15-8-9-17(23)16(19)12-15;/h6,8-9,12,23H,2-5,7,10-11,13H2,1H3,(H2,20,21,22);1H. The number of halogens is 2. The summed E-state index contributed by atoms with van der Waals surface area (Å²) in [6, 6.07) is 4.35. The molecule has 0 amide bonds. The average Bonchev–Trinajstić information content (AvgIpc) is 2.56. The van der Waals surface area contributed by atoms with E-state index in [0.29, 0.717) is 6.54 Å². The zero-order chi connectivity index (χ0) is 16.5. The molecule has 0 saturated heterocycles. The minimum absolute atomic E-state index is 0. The second-order valence-corrected chi connectivity index (χ2v) is 5.77. The van der Waals surface area contributed by atoms with E-state index in [0.717, 1.165) is 31.0 Å². The quantitative estimate of drug-likeness (QED) is 0.267. The molecule has 0 unspecified atom stereocenters. The molecule has 0 aliphatic heterocycles. The van der Waals surface area contributed by atoms with Gasteiger partial charge < -0.3 is 15.7 Å². The lowest BCUT2D eigenvalue weighted by Gasteiger charge is -2.15. The second-order valence-electron chi connectivity index (χ2n) is 5.77. The van der Waals surface area contributed by atoms with Crippen LogP contribution in [0, 0.1) is 5.82 Å². The maximum Gasteiger partial charge on any atom is 0.191 e. The van der Waals surface area contributed by atoms with Crippen molar-refractivity contribution in [1.82, 2.24) is 10.6 Å². The van der Waals surface area contributed by atoms with Crippen molar-refractivity contribution in [3.05, 3.63) is 41.2 Å². The van der Waals surface area contributed by atoms with Gasteiger partial charge in [-0.3, -0.25) is 0 Å². The minimum Gasteiger partial charge on any atom is -0.505 e. The third kappa shape index (κ3) is 7.07. The fourth-order valence-electron chi connectivity index (χ4n) is 2.63. The fraction of sp³-hybridized carbons (Fsp3) is 0.500. The summed E-state index contributed by atoms with van der Waals surface area (Å²) in [7, 11) is 0. The SMILES string of the molecule is CCNC(=NCc1ccc(O)c(F)c1)NCCC1=CCCCC1.I. The van der Waals surface area contributed by atoms with Crippen LogP contribution in [0.15, 0.2) is 34.8 Å². The van der Waals surface area contributed by atoms with Crippen LogP contribution in [0.2, 0.25) is 0 Å². The smallest absolute Gasteiger partial charge is 0.191 e. The van der Waals surface area contributed by atoms with E-state index in [1.807, 2.05) is 6.92 Å². The lowest BCUT2D eigenvalue weighted by atomic mass is 9.97. The van der Waals surface area contributed by atoms with Crippen molar-refractivity contribution in [2.75, 3.05) is 13.1 Å². The van der Waals surface area contributed by atoms with Crippen LogP contribution in [-0.4, -0.2) is 24.2 Å². The summed E-state index contributed by atoms with van der Waals surface area (Å²) in [5.41, 5.74) is 2.26. The normalized spacial score (nSPS) is 14.6. The first-order valence-corrected chi connectivity index (χ1v) is 8.36. The molecule has 0 fully saturated rings. The Morgan fingerprint density at radius 3 is 2.79 bits per heavy atom. The summed E-state index contributed by atoms with van der Waals surface area (Å²) in [5.74, 6) is -0.208. The molecule has 1 aromatic carbocycles. The molecule has 0 spiro atoms. The fourth-order valence-corrected chi connectivity index (χ4v) is 2.63. The largest absolute Gasteiger partial charge is 0.505 e. The molecule has 1 aliphatic carbocycles. The van der Waals surface area contributed by atoms with Gasteiger partial charge >= 0.3 is 0 Å². The van der Waals surface area contributed by atoms with Gasteiger partial charge in [-0.05, 0) is 56.7 Å². The Morgan fingerprint density at radius 1 is 1.29 bits per heavy atom. The van der Waals surface area contributed by atoms with Gasteiger partial charge in [0.2, 0.25) is 0 Å². The number of phenolic OH excluding ortho intramolecular Hbond substituents is 1. The Labute approximate surface area is 160 Å². The van der Waals surface area contributed by atoms with E-state index in [9.17, 15) is 9.50 Å². The highest BCUT2D eigenvalue weighted by Crippen LogP contribution is 2.19. The van der Waals surface area contributed by atoms with E-state index in [4.69, 9.17) is 0 Å². The van der Waals surface area contributed by atoms with Crippen molar-refractivity contribution in [2.24, 2.45) is 4.99 Å². The Bertz CT molecular complexity index is 575. The third-order valence-corrected chi connectivity index (χ3v) is 3.90. The van der Waals surface area contributed by atoms with Crippen LogP contribution >= 0.6 is 24.0 Å². The van der Waals surface area contributed by atoms with Crippen molar-refractivity contribution in [3.8, 4) is 5.75 Å². The molecular formula is C18H27FIN3O. The minimum atomic E-state index is -0.611. The van der Waals surface area contributed by atoms with Crippen LogP contribution in [0.4, 0.5) is 4.39 Å². The summed E-state index contributed by atoms with van der Waals surface area (Å²) in [6.45, 7) is 4.01. The molecule has 0 bridgehead atoms. The Hall–Kier alpha value is -1.31. The van der Waals surface area contributed by atoms with Gasteiger partial charge in [0.05, 0.1) is 6.54 Å². The van der Waals surface area contributed by atoms with E-state index in [1.165, 1.54) is 43.4 Å². The van der Waals surface area contributed by atoms with Crippen molar-refractivity contribution >= 4 is 29.9 Å². The number of phenols is 1. The third-order valence-electron chi connectivity index (χ3n) is 3.90. The van der Waals surface area contributed by atoms with Gasteiger partial charge in [0, 0.05) is 13.1 Å². The first kappa shape index (κ1) is 20.7. The summed E-state index contributed by atoms with van der Waals surface area (Å²) in [4.78, 5) is 4.46. The van der Waals surface area contributed by atoms with Gasteiger partial charge in [-0.25, -0.2) is 9.38 Å². The zero-order valence-electron chi connectivity index (χ0n) is 14.1. The number of benzene rings is 1. The molecule has 0 radical (unpaired) electrons. The predicted octanol–water partition coefficient (Wildman–Crippen LogP) is 4.09. The van der Waals surface area contributed by atoms with Crippen molar-refractivity contribution < 1.29 is 9.50 Å². The predicted molar refractivity (Wildman–Crippen MR) is 107 cm³/mol. The number of nitrogens with one attached hydrogen (secondary N) is 2. The molecule has 1 aliphatic rings. The summed E-state index contributed by atoms with van der Waals surface area (Å²) >= 11 is 0. The van der Waals surface area contributed by atoms with Crippen LogP contribution in [0.3, 0.4) is 0 Å². The number of allylic oxidation sites excluding steroid dienone is 1. The van der Waals surface area contributed by atoms with Gasteiger partial charge in [-0.2, -0.15) is 0 Å². The molecule has 0 heterocycles. The van der Waals surface area contributed by atoms with Gasteiger partial charge in [0.15, 0.2) is 17.5 Å². The van der Waals surface area contributed by atoms with Gasteiger partial charge in [-0.15, -0.1) is 24.0 Å². The van der Waals surface area contributed by atoms with Crippen molar-refractivity contribution in [1.29, 1.82) is 0 Å². The number of hydrogen-bond donors (Lipinski definition) is 3. The van der Waals surface area contributed by atoms with Crippen LogP contribution in [0.1, 0.15) is 44.6 Å². The Morgan fingerprint density at radius 2 is 2.12 bits per heavy atom. The highest BCUT2D eigenvalue weighted by molar-refractivity contribution is 14.0. The number of nitrogens with zero attached hydrogens (tertiary/aromatic N) is 1. The molecule has 6 heteroatoms. The van der Waals surface area contributed by atoms with Crippen LogP contribution < -0.4 is 10.6 Å². The number of aromatic hydroxyl groups is 1. The first-order chi connectivity index (χ1) is 11.2. The van der Waals surface area contributed by atoms with E-state index in [-0.39, 0.29) is 29.7 Å². The lowest BCUT2D eigenvalue weighted by molar-refractivity contribution is 0.432. The number of rotatable bonds is 6. The van der Waals surface area contributed by atoms with E-state index in [2.05, 4.69) is 21.7 Å². The molecule has 4 nitrogen and oxygen atoms in total. The van der Waals surface area contributed by atoms with Crippen LogP contribution in [-0.2, 0) is 6.54 Å². The second kappa shape index (κ2) is 11.3. The molecule has 134 valence electrons. The monoisotopic (exact) mass is 447 g/mol. The number of guanidine groups is 1. The van der Waals surface area contributed by atoms with Crippen molar-refractivity contribution in [3.63, 3.8) is 0 Å². The molecule has 0 aromatic heterocycles. The molecule has 24 heavy (non-hydrogen) atoms. The molecule has 0 saturated carbocycles. The van der Waals surface area contributed by atoms with Crippen LogP contribution in [0.25, 0.3) is 0 Å². The van der Waals surface area contributed by atoms with Gasteiger partial charge in [0.1, 0.15) is 0 Å². The molecule has 2 rings (SSSR count). The molecule has 0 atom stereocenters. The highest BCUT2D eigenvalue weighted by atomic mass is 127. The van der Waals surface area contributed by atoms with Crippen LogP contribution in [0.5, 0.6) is 5.75 Å². The van der Waals surface area contributed by atoms with E-state index >= 15 is 0 Å². The van der Waals surface area contributed by atoms with E-state index < -0.39 is 5.82 Å². The lowest BCUT2D eigenvalue weighted by Crippen LogP contribution is -2.37. The van der Waals surface area contributed by atoms with Gasteiger partial charge in [-0.1, -0.05) is 17.7 Å². The molecule has 3 N–H and O–H groups in total. The maximum absolute atomic E-state index is 13.3. The summed E-state index contributed by atoms with van der Waals surface area (Å²) in [6.07, 6.45) is 8.42. The number of hydrogen-bond acceptors (Lipinski definition) is 2. The Balaban J connectivity index is 0.00000288. The molecular weight excluding hydrogens is 420 g/mol. The summed E-state index contributed by atoms with van der Waals surface area (Å²) in [5, 5.41) is 15.7. The number of aliphatic imine (C=N–C) groups is 1. The topological polar surface area (TPSA) is 56.7 Å².